The van der Waals surface area contributed by atoms with E-state index in [4.69, 9.17) is 5.73 Å². The van der Waals surface area contributed by atoms with Crippen molar-refractivity contribution in [3.63, 3.8) is 0 Å². The van der Waals surface area contributed by atoms with Gasteiger partial charge in [-0.15, -0.1) is 0 Å². The molecule has 1 aromatic carbocycles. The summed E-state index contributed by atoms with van der Waals surface area (Å²) in [7, 11) is -2.17. The molecule has 0 bridgehead atoms. The number of imidazole rings is 1. The Kier molecular flexibility index (Phi) is 3.60. The molecule has 0 aliphatic carbocycles. The van der Waals surface area contributed by atoms with Gasteiger partial charge in [-0.05, 0) is 25.2 Å². The van der Waals surface area contributed by atoms with Crippen LogP contribution in [0.4, 0.5) is 5.69 Å². The maximum absolute atomic E-state index is 11.6. The third kappa shape index (κ3) is 2.66. The Labute approximate surface area is 109 Å². The molecular weight excluding hydrogens is 272 g/mol. The van der Waals surface area contributed by atoms with Gasteiger partial charge in [0.2, 0.25) is 10.0 Å². The third-order valence-electron chi connectivity index (χ3n) is 2.23. The zero-order valence-corrected chi connectivity index (χ0v) is 11.2. The summed E-state index contributed by atoms with van der Waals surface area (Å²) in [4.78, 5) is 7.90. The number of hydrogen-bond donors (Lipinski definition) is 3. The number of rotatable bonds is 4. The van der Waals surface area contributed by atoms with Crippen LogP contribution in [0.25, 0.3) is 0 Å². The van der Waals surface area contributed by atoms with Gasteiger partial charge < -0.3 is 10.7 Å². The highest BCUT2D eigenvalue weighted by Gasteiger charge is 2.15. The number of nitrogen functional groups attached to an aromatic ring is 1. The fraction of sp³-hybridized carbons (Fsp3) is 0.100. The number of nitrogens with two attached hydrogens (primary N) is 1. The van der Waals surface area contributed by atoms with Gasteiger partial charge in [-0.3, -0.25) is 0 Å². The Morgan fingerprint density at radius 2 is 2.22 bits per heavy atom. The second-order valence-corrected chi connectivity index (χ2v) is 6.32. The smallest absolute Gasteiger partial charge is 0.242 e. The topological polar surface area (TPSA) is 101 Å². The monoisotopic (exact) mass is 284 g/mol. The van der Waals surface area contributed by atoms with E-state index < -0.39 is 10.0 Å². The van der Waals surface area contributed by atoms with Crippen LogP contribution >= 0.6 is 11.8 Å². The molecule has 18 heavy (non-hydrogen) atoms. The first-order chi connectivity index (χ1) is 8.53. The quantitative estimate of drug-likeness (QED) is 0.729. The highest BCUT2D eigenvalue weighted by molar-refractivity contribution is 7.99. The van der Waals surface area contributed by atoms with Gasteiger partial charge in [0, 0.05) is 17.3 Å². The van der Waals surface area contributed by atoms with Gasteiger partial charge in [0.25, 0.3) is 0 Å². The Bertz CT molecular complexity index is 638. The van der Waals surface area contributed by atoms with E-state index in [-0.39, 0.29) is 10.6 Å². The maximum atomic E-state index is 11.6. The van der Waals surface area contributed by atoms with E-state index >= 15 is 0 Å². The van der Waals surface area contributed by atoms with Crippen molar-refractivity contribution < 1.29 is 8.42 Å². The number of aromatic nitrogens is 2. The van der Waals surface area contributed by atoms with Crippen LogP contribution in [0.2, 0.25) is 0 Å². The second-order valence-electron chi connectivity index (χ2n) is 3.40. The zero-order valence-electron chi connectivity index (χ0n) is 9.54. The predicted molar refractivity (Wildman–Crippen MR) is 69.8 cm³/mol. The summed E-state index contributed by atoms with van der Waals surface area (Å²) in [5, 5.41) is 0.721. The number of sulfonamides is 1. The molecule has 2 aromatic rings. The van der Waals surface area contributed by atoms with E-state index in [1.165, 1.54) is 24.9 Å². The summed E-state index contributed by atoms with van der Waals surface area (Å²) in [6.07, 6.45) is 3.36. The molecule has 0 saturated heterocycles. The van der Waals surface area contributed by atoms with Gasteiger partial charge in [0.05, 0.1) is 5.69 Å². The standard InChI is InChI=1S/C10H12N4O2S2/c1-12-18(15,16)9-3-2-7(6-8(9)11)17-10-13-4-5-14-10/h2-6,12H,11H2,1H3,(H,13,14). The van der Waals surface area contributed by atoms with Crippen LogP contribution in [-0.4, -0.2) is 25.4 Å². The van der Waals surface area contributed by atoms with Crippen LogP contribution < -0.4 is 10.5 Å². The lowest BCUT2D eigenvalue weighted by Gasteiger charge is -2.07. The Hall–Kier alpha value is -1.51. The number of nitrogens with one attached hydrogen (secondary N) is 2. The summed E-state index contributed by atoms with van der Waals surface area (Å²) in [6.45, 7) is 0. The van der Waals surface area contributed by atoms with Gasteiger partial charge in [-0.2, -0.15) is 0 Å². The number of benzene rings is 1. The number of nitrogens with zero attached hydrogens (tertiary/aromatic N) is 1. The van der Waals surface area contributed by atoms with Gasteiger partial charge in [0.15, 0.2) is 5.16 Å². The third-order valence-corrected chi connectivity index (χ3v) is 4.62. The van der Waals surface area contributed by atoms with Crippen LogP contribution in [0.15, 0.2) is 45.5 Å². The van der Waals surface area contributed by atoms with Gasteiger partial charge in [-0.1, -0.05) is 11.8 Å². The fourth-order valence-corrected chi connectivity index (χ4v) is 2.99. The molecule has 0 radical (unpaired) electrons. The highest BCUT2D eigenvalue weighted by atomic mass is 32.2. The molecule has 0 amide bonds. The van der Waals surface area contributed by atoms with Crippen LogP contribution in [0, 0.1) is 0 Å². The average molecular weight is 284 g/mol. The van der Waals surface area contributed by atoms with E-state index in [1.807, 2.05) is 0 Å². The van der Waals surface area contributed by atoms with Crippen molar-refractivity contribution in [1.29, 1.82) is 0 Å². The molecule has 0 fully saturated rings. The number of hydrogen-bond acceptors (Lipinski definition) is 5. The molecule has 1 aromatic heterocycles. The Balaban J connectivity index is 2.31. The SMILES string of the molecule is CNS(=O)(=O)c1ccc(Sc2ncc[nH]2)cc1N. The normalized spacial score (nSPS) is 11.6. The van der Waals surface area contributed by atoms with E-state index in [1.54, 1.807) is 24.5 Å². The maximum Gasteiger partial charge on any atom is 0.242 e. The van der Waals surface area contributed by atoms with Gasteiger partial charge >= 0.3 is 0 Å². The number of anilines is 1. The summed E-state index contributed by atoms with van der Waals surface area (Å²) in [5.74, 6) is 0. The molecule has 6 nitrogen and oxygen atoms in total. The second kappa shape index (κ2) is 5.01. The largest absolute Gasteiger partial charge is 0.398 e. The lowest BCUT2D eigenvalue weighted by Crippen LogP contribution is -2.19. The molecular formula is C10H12N4O2S2. The van der Waals surface area contributed by atoms with Crippen molar-refractivity contribution >= 4 is 27.5 Å². The average Bonchev–Trinajstić information content (AvgIpc) is 2.81. The lowest BCUT2D eigenvalue weighted by atomic mass is 10.3. The van der Waals surface area contributed by atoms with Crippen molar-refractivity contribution in [1.82, 2.24) is 14.7 Å². The van der Waals surface area contributed by atoms with Crippen molar-refractivity contribution in [3.8, 4) is 0 Å². The molecule has 0 aliphatic heterocycles. The molecule has 0 saturated carbocycles. The summed E-state index contributed by atoms with van der Waals surface area (Å²) >= 11 is 1.37. The van der Waals surface area contributed by atoms with Crippen molar-refractivity contribution in [2.45, 2.75) is 14.9 Å². The van der Waals surface area contributed by atoms with Crippen molar-refractivity contribution in [2.24, 2.45) is 0 Å². The van der Waals surface area contributed by atoms with Crippen LogP contribution in [0.3, 0.4) is 0 Å². The van der Waals surface area contributed by atoms with Crippen LogP contribution in [0.1, 0.15) is 0 Å². The molecule has 4 N–H and O–H groups in total. The minimum atomic E-state index is -3.52. The Morgan fingerprint density at radius 3 is 2.78 bits per heavy atom. The molecule has 0 atom stereocenters. The summed E-state index contributed by atoms with van der Waals surface area (Å²) < 4.78 is 25.5. The first-order valence-electron chi connectivity index (χ1n) is 5.03. The number of H-pyrrole nitrogens is 1. The van der Waals surface area contributed by atoms with Gasteiger partial charge in [0.1, 0.15) is 4.90 Å². The minimum absolute atomic E-state index is 0.0776. The first kappa shape index (κ1) is 12.9. The predicted octanol–water partition coefficient (Wildman–Crippen LogP) is 1.05. The Morgan fingerprint density at radius 1 is 1.44 bits per heavy atom. The van der Waals surface area contributed by atoms with Crippen LogP contribution in [0.5, 0.6) is 0 Å². The molecule has 0 aliphatic rings. The van der Waals surface area contributed by atoms with E-state index in [0.29, 0.717) is 0 Å². The number of aromatic amines is 1. The van der Waals surface area contributed by atoms with E-state index in [2.05, 4.69) is 14.7 Å². The molecule has 1 heterocycles. The zero-order chi connectivity index (χ0) is 13.2. The highest BCUT2D eigenvalue weighted by Crippen LogP contribution is 2.29. The van der Waals surface area contributed by atoms with E-state index in [0.717, 1.165) is 10.1 Å². The fourth-order valence-electron chi connectivity index (χ4n) is 1.36. The van der Waals surface area contributed by atoms with E-state index in [9.17, 15) is 8.42 Å². The molecule has 0 spiro atoms. The van der Waals surface area contributed by atoms with Gasteiger partial charge in [-0.25, -0.2) is 18.1 Å². The molecule has 8 heteroatoms. The minimum Gasteiger partial charge on any atom is -0.398 e. The molecule has 96 valence electrons. The summed E-state index contributed by atoms with van der Waals surface area (Å²) in [5.41, 5.74) is 5.96. The molecule has 2 rings (SSSR count). The van der Waals surface area contributed by atoms with Crippen LogP contribution in [-0.2, 0) is 10.0 Å². The first-order valence-corrected chi connectivity index (χ1v) is 7.33. The van der Waals surface area contributed by atoms with Crippen molar-refractivity contribution in [3.05, 3.63) is 30.6 Å². The lowest BCUT2D eigenvalue weighted by molar-refractivity contribution is 0.588. The molecule has 0 unspecified atom stereocenters. The van der Waals surface area contributed by atoms with Crippen molar-refractivity contribution in [2.75, 3.05) is 12.8 Å². The summed E-state index contributed by atoms with van der Waals surface area (Å²) in [6, 6.07) is 4.78.